The molecule has 3 aromatic rings. The summed E-state index contributed by atoms with van der Waals surface area (Å²) in [6.45, 7) is 3.89. The van der Waals surface area contributed by atoms with Crippen molar-refractivity contribution >= 4 is 17.6 Å². The SMILES string of the molecule is CCc1c(CC(F)(F)C(=O)Nc2cn(CC)cc2C(=O)O)noc1-c1ccc(O)cc1.[H-].[K+]. The summed E-state index contributed by atoms with van der Waals surface area (Å²) in [5.74, 6) is -6.52. The number of nitrogens with one attached hydrogen (secondary N) is 1. The first-order valence-electron chi connectivity index (χ1n) is 9.55. The van der Waals surface area contributed by atoms with Crippen LogP contribution in [0.3, 0.4) is 0 Å². The van der Waals surface area contributed by atoms with Gasteiger partial charge in [0.05, 0.1) is 17.8 Å². The Balaban J connectivity index is 0.00000272. The average molecular weight is 474 g/mol. The maximum absolute atomic E-state index is 14.7. The van der Waals surface area contributed by atoms with Crippen LogP contribution in [0.25, 0.3) is 11.3 Å². The number of phenols is 1. The van der Waals surface area contributed by atoms with E-state index >= 15 is 0 Å². The number of amides is 1. The number of nitrogens with zero attached hydrogens (tertiary/aromatic N) is 2. The molecule has 0 aliphatic rings. The third-order valence-electron chi connectivity index (χ3n) is 4.80. The Hall–Kier alpha value is -2.05. The van der Waals surface area contributed by atoms with Gasteiger partial charge in [-0.15, -0.1) is 0 Å². The smallest absolute Gasteiger partial charge is 1.00 e. The predicted molar refractivity (Wildman–Crippen MR) is 108 cm³/mol. The normalized spacial score (nSPS) is 11.1. The van der Waals surface area contributed by atoms with E-state index in [9.17, 15) is 28.6 Å². The Morgan fingerprint density at radius 1 is 1.22 bits per heavy atom. The van der Waals surface area contributed by atoms with Crippen LogP contribution in [0.1, 0.15) is 36.9 Å². The standard InChI is InChI=1S/C21H21F2N3O5.K.H/c1-3-14-16(25-31-18(14)12-5-7-13(27)8-6-12)9-21(22,23)20(30)24-17-11-26(4-2)10-15(17)19(28)29;;/h5-8,10-11,27H,3-4,9H2,1-2H3,(H,24,30)(H,28,29);;/q;+1;-1. The number of carbonyl (C=O) groups is 2. The molecule has 0 fully saturated rings. The van der Waals surface area contributed by atoms with Crippen molar-refractivity contribution in [2.45, 2.75) is 39.2 Å². The summed E-state index contributed by atoms with van der Waals surface area (Å²) < 4.78 is 36.1. The number of hydrogen-bond acceptors (Lipinski definition) is 5. The Kier molecular flexibility index (Phi) is 8.77. The van der Waals surface area contributed by atoms with Gasteiger partial charge in [0.1, 0.15) is 11.3 Å². The van der Waals surface area contributed by atoms with E-state index in [1.165, 1.54) is 29.1 Å². The maximum Gasteiger partial charge on any atom is 1.00 e. The molecule has 0 saturated carbocycles. The molecule has 1 aromatic carbocycles. The van der Waals surface area contributed by atoms with E-state index in [1.807, 2.05) is 5.32 Å². The Morgan fingerprint density at radius 3 is 2.44 bits per heavy atom. The van der Waals surface area contributed by atoms with Crippen molar-refractivity contribution in [1.82, 2.24) is 9.72 Å². The molecule has 0 unspecified atom stereocenters. The second-order valence-corrected chi connectivity index (χ2v) is 6.89. The number of aromatic nitrogens is 2. The molecule has 0 spiro atoms. The summed E-state index contributed by atoms with van der Waals surface area (Å²) in [4.78, 5) is 23.6. The molecular formula is C21H22F2KN3O5. The van der Waals surface area contributed by atoms with Crippen molar-refractivity contribution < 1.29 is 85.9 Å². The van der Waals surface area contributed by atoms with Crippen molar-refractivity contribution in [3.63, 3.8) is 0 Å². The van der Waals surface area contributed by atoms with Crippen LogP contribution in [0.5, 0.6) is 5.75 Å². The van der Waals surface area contributed by atoms with Crippen LogP contribution in [0.15, 0.2) is 41.2 Å². The molecule has 2 aromatic heterocycles. The first-order chi connectivity index (χ1) is 14.7. The molecule has 0 saturated heterocycles. The largest absolute Gasteiger partial charge is 1.00 e. The van der Waals surface area contributed by atoms with E-state index in [2.05, 4.69) is 5.16 Å². The summed E-state index contributed by atoms with van der Waals surface area (Å²) in [5.41, 5.74) is 0.404. The molecule has 1 amide bonds. The number of rotatable bonds is 8. The summed E-state index contributed by atoms with van der Waals surface area (Å²) in [5, 5.41) is 24.4. The monoisotopic (exact) mass is 473 g/mol. The van der Waals surface area contributed by atoms with Gasteiger partial charge < -0.3 is 26.0 Å². The van der Waals surface area contributed by atoms with Crippen LogP contribution in [0.2, 0.25) is 0 Å². The van der Waals surface area contributed by atoms with E-state index in [0.29, 0.717) is 24.1 Å². The zero-order valence-electron chi connectivity index (χ0n) is 18.9. The first kappa shape index (κ1) is 26.2. The Bertz CT molecular complexity index is 1120. The third kappa shape index (κ3) is 5.65. The van der Waals surface area contributed by atoms with Gasteiger partial charge in [0.25, 0.3) is 5.91 Å². The number of anilines is 1. The number of carbonyl (C=O) groups excluding carboxylic acids is 1. The second kappa shape index (κ2) is 10.7. The third-order valence-corrected chi connectivity index (χ3v) is 4.80. The Labute approximate surface area is 226 Å². The van der Waals surface area contributed by atoms with Gasteiger partial charge in [0.15, 0.2) is 5.76 Å². The minimum atomic E-state index is -3.86. The molecule has 0 aliphatic heterocycles. The van der Waals surface area contributed by atoms with Crippen LogP contribution in [-0.4, -0.2) is 37.7 Å². The fraction of sp³-hybridized carbons (Fsp3) is 0.286. The number of hydrogen-bond donors (Lipinski definition) is 3. The topological polar surface area (TPSA) is 118 Å². The van der Waals surface area contributed by atoms with Crippen molar-refractivity contribution in [2.75, 3.05) is 5.32 Å². The van der Waals surface area contributed by atoms with Crippen molar-refractivity contribution in [2.24, 2.45) is 0 Å². The van der Waals surface area contributed by atoms with E-state index in [1.54, 1.807) is 26.0 Å². The average Bonchev–Trinajstić information content (AvgIpc) is 3.32. The number of aromatic hydroxyl groups is 1. The molecule has 11 heteroatoms. The van der Waals surface area contributed by atoms with Crippen molar-refractivity contribution in [3.8, 4) is 17.1 Å². The molecule has 166 valence electrons. The molecule has 0 radical (unpaired) electrons. The fourth-order valence-electron chi connectivity index (χ4n) is 3.15. The van der Waals surface area contributed by atoms with Crippen LogP contribution in [0, 0.1) is 0 Å². The molecule has 32 heavy (non-hydrogen) atoms. The van der Waals surface area contributed by atoms with Gasteiger partial charge in [-0.25, -0.2) is 4.79 Å². The van der Waals surface area contributed by atoms with E-state index in [-0.39, 0.29) is 81.3 Å². The summed E-state index contributed by atoms with van der Waals surface area (Å²) in [6, 6.07) is 5.99. The molecule has 2 heterocycles. The number of carboxylic acids is 1. The van der Waals surface area contributed by atoms with E-state index < -0.39 is 24.2 Å². The molecule has 0 aliphatic carbocycles. The Morgan fingerprint density at radius 2 is 1.88 bits per heavy atom. The van der Waals surface area contributed by atoms with E-state index in [0.717, 1.165) is 0 Å². The number of benzene rings is 1. The van der Waals surface area contributed by atoms with Crippen LogP contribution < -0.4 is 56.7 Å². The minimum Gasteiger partial charge on any atom is -1.00 e. The first-order valence-corrected chi connectivity index (χ1v) is 9.55. The quantitative estimate of drug-likeness (QED) is 0.421. The maximum atomic E-state index is 14.7. The number of aryl methyl sites for hydroxylation is 1. The van der Waals surface area contributed by atoms with Gasteiger partial charge in [-0.2, -0.15) is 8.78 Å². The molecule has 0 bridgehead atoms. The molecular weight excluding hydrogens is 451 g/mol. The predicted octanol–water partition coefficient (Wildman–Crippen LogP) is 1.06. The van der Waals surface area contributed by atoms with Crippen molar-refractivity contribution in [3.05, 3.63) is 53.5 Å². The van der Waals surface area contributed by atoms with Crippen LogP contribution >= 0.6 is 0 Å². The molecule has 8 nitrogen and oxygen atoms in total. The van der Waals surface area contributed by atoms with Gasteiger partial charge in [-0.1, -0.05) is 12.1 Å². The summed E-state index contributed by atoms with van der Waals surface area (Å²) in [7, 11) is 0. The molecule has 3 N–H and O–H groups in total. The summed E-state index contributed by atoms with van der Waals surface area (Å²) >= 11 is 0. The summed E-state index contributed by atoms with van der Waals surface area (Å²) in [6.07, 6.45) is 1.86. The van der Waals surface area contributed by atoms with Crippen molar-refractivity contribution in [1.29, 1.82) is 0 Å². The molecule has 0 atom stereocenters. The minimum absolute atomic E-state index is 0. The van der Waals surface area contributed by atoms with E-state index in [4.69, 9.17) is 4.52 Å². The zero-order chi connectivity index (χ0) is 22.8. The van der Waals surface area contributed by atoms with Gasteiger partial charge >= 0.3 is 63.3 Å². The number of halogens is 2. The number of phenolic OH excluding ortho intramolecular Hbond substituents is 1. The van der Waals surface area contributed by atoms with Crippen LogP contribution in [0.4, 0.5) is 14.5 Å². The molecule has 3 rings (SSSR count). The van der Waals surface area contributed by atoms with Gasteiger partial charge in [0, 0.05) is 30.1 Å². The second-order valence-electron chi connectivity index (χ2n) is 6.89. The van der Waals surface area contributed by atoms with Gasteiger partial charge in [-0.3, -0.25) is 4.79 Å². The van der Waals surface area contributed by atoms with Gasteiger partial charge in [0.2, 0.25) is 0 Å². The number of carboxylic acid groups (broad SMARTS) is 1. The van der Waals surface area contributed by atoms with Gasteiger partial charge in [-0.05, 0) is 37.6 Å². The number of aromatic carboxylic acids is 1. The van der Waals surface area contributed by atoms with Crippen LogP contribution in [-0.2, 0) is 24.2 Å². The number of alkyl halides is 2. The zero-order valence-corrected chi connectivity index (χ0v) is 21.0. The fourth-order valence-corrected chi connectivity index (χ4v) is 3.15.